The van der Waals surface area contributed by atoms with Gasteiger partial charge in [-0.2, -0.15) is 0 Å². The number of hydrogen-bond acceptors (Lipinski definition) is 5. The molecule has 0 fully saturated rings. The molecule has 0 aliphatic carbocycles. The number of hydrogen-bond donors (Lipinski definition) is 1. The van der Waals surface area contributed by atoms with Gasteiger partial charge in [0.2, 0.25) is 5.88 Å². The van der Waals surface area contributed by atoms with Crippen molar-refractivity contribution in [2.24, 2.45) is 0 Å². The molecule has 0 radical (unpaired) electrons. The maximum Gasteiger partial charge on any atom is 0.242 e. The highest BCUT2D eigenvalue weighted by molar-refractivity contribution is 5.32. The van der Waals surface area contributed by atoms with Gasteiger partial charge in [0, 0.05) is 6.07 Å². The fourth-order valence-corrected chi connectivity index (χ4v) is 0.919. The molecule has 0 saturated carbocycles. The molecular weight excluding hydrogens is 182 g/mol. The van der Waals surface area contributed by atoms with E-state index in [1.807, 2.05) is 0 Å². The molecule has 1 aromatic carbocycles. The van der Waals surface area contributed by atoms with Crippen LogP contribution in [0, 0.1) is 0 Å². The minimum absolute atomic E-state index is 0.193. The van der Waals surface area contributed by atoms with Crippen molar-refractivity contribution in [3.8, 4) is 17.4 Å². The van der Waals surface area contributed by atoms with Crippen LogP contribution in [0.25, 0.3) is 0 Å². The molecule has 0 saturated heterocycles. The van der Waals surface area contributed by atoms with Crippen LogP contribution in [0.4, 0.5) is 0 Å². The standard InChI is InChI=1S/C9H7N3O2/c13-7-1-3-8(4-2-7)14-9-5-6-10-12-11-9/h1-6,13H. The van der Waals surface area contributed by atoms with Gasteiger partial charge in [0.15, 0.2) is 0 Å². The van der Waals surface area contributed by atoms with Gasteiger partial charge in [-0.1, -0.05) is 5.10 Å². The molecule has 0 atom stereocenters. The molecule has 5 heteroatoms. The van der Waals surface area contributed by atoms with E-state index < -0.39 is 0 Å². The minimum Gasteiger partial charge on any atom is -0.508 e. The quantitative estimate of drug-likeness (QED) is 0.772. The van der Waals surface area contributed by atoms with Gasteiger partial charge < -0.3 is 9.84 Å². The number of phenolic OH excluding ortho intramolecular Hbond substituents is 1. The van der Waals surface area contributed by atoms with Crippen LogP contribution in [-0.2, 0) is 0 Å². The summed E-state index contributed by atoms with van der Waals surface area (Å²) < 4.78 is 5.31. The van der Waals surface area contributed by atoms with Crippen LogP contribution in [0.3, 0.4) is 0 Å². The lowest BCUT2D eigenvalue weighted by molar-refractivity contribution is 0.445. The van der Waals surface area contributed by atoms with Crippen LogP contribution in [0.1, 0.15) is 0 Å². The lowest BCUT2D eigenvalue weighted by atomic mass is 10.3. The SMILES string of the molecule is Oc1ccc(Oc2ccnnn2)cc1. The van der Waals surface area contributed by atoms with E-state index in [4.69, 9.17) is 9.84 Å². The zero-order valence-electron chi connectivity index (χ0n) is 7.16. The number of aromatic hydroxyl groups is 1. The molecule has 0 amide bonds. The summed E-state index contributed by atoms with van der Waals surface area (Å²) in [5.41, 5.74) is 0. The van der Waals surface area contributed by atoms with Gasteiger partial charge in [0.25, 0.3) is 0 Å². The smallest absolute Gasteiger partial charge is 0.242 e. The highest BCUT2D eigenvalue weighted by Gasteiger charge is 1.97. The van der Waals surface area contributed by atoms with Gasteiger partial charge in [0.05, 0.1) is 6.20 Å². The Morgan fingerprint density at radius 1 is 1.07 bits per heavy atom. The molecule has 0 aliphatic heterocycles. The summed E-state index contributed by atoms with van der Waals surface area (Å²) in [6, 6.07) is 7.93. The Morgan fingerprint density at radius 3 is 2.50 bits per heavy atom. The van der Waals surface area contributed by atoms with Crippen molar-refractivity contribution >= 4 is 0 Å². The van der Waals surface area contributed by atoms with Crippen LogP contribution in [0.2, 0.25) is 0 Å². The Labute approximate surface area is 80.0 Å². The van der Waals surface area contributed by atoms with Crippen molar-refractivity contribution in [2.75, 3.05) is 0 Å². The highest BCUT2D eigenvalue weighted by atomic mass is 16.5. The second kappa shape index (κ2) is 3.69. The fourth-order valence-electron chi connectivity index (χ4n) is 0.919. The number of rotatable bonds is 2. The summed E-state index contributed by atoms with van der Waals surface area (Å²) in [6.07, 6.45) is 1.49. The molecule has 1 aromatic heterocycles. The zero-order chi connectivity index (χ0) is 9.80. The first-order valence-electron chi connectivity index (χ1n) is 3.96. The molecule has 0 aliphatic rings. The summed E-state index contributed by atoms with van der Waals surface area (Å²) in [5, 5.41) is 19.6. The Kier molecular flexibility index (Phi) is 2.22. The Morgan fingerprint density at radius 2 is 1.86 bits per heavy atom. The van der Waals surface area contributed by atoms with Crippen molar-refractivity contribution in [1.29, 1.82) is 0 Å². The number of aromatic nitrogens is 3. The first-order chi connectivity index (χ1) is 6.84. The number of phenols is 1. The van der Waals surface area contributed by atoms with E-state index in [9.17, 15) is 0 Å². The molecule has 0 spiro atoms. The van der Waals surface area contributed by atoms with Crippen molar-refractivity contribution in [3.05, 3.63) is 36.5 Å². The first-order valence-corrected chi connectivity index (χ1v) is 3.96. The topological polar surface area (TPSA) is 68.1 Å². The molecule has 1 N–H and O–H groups in total. The van der Waals surface area contributed by atoms with Gasteiger partial charge in [0.1, 0.15) is 11.5 Å². The number of benzene rings is 1. The Balaban J connectivity index is 2.16. The summed E-state index contributed by atoms with van der Waals surface area (Å²) >= 11 is 0. The Hall–Kier alpha value is -2.17. The Bertz CT molecular complexity index is 402. The molecule has 0 bridgehead atoms. The average molecular weight is 189 g/mol. The second-order valence-electron chi connectivity index (χ2n) is 2.55. The van der Waals surface area contributed by atoms with Gasteiger partial charge in [-0.15, -0.1) is 5.10 Å². The van der Waals surface area contributed by atoms with E-state index >= 15 is 0 Å². The minimum atomic E-state index is 0.193. The summed E-state index contributed by atoms with van der Waals surface area (Å²) in [7, 11) is 0. The molecule has 2 rings (SSSR count). The van der Waals surface area contributed by atoms with E-state index in [1.165, 1.54) is 18.3 Å². The van der Waals surface area contributed by atoms with E-state index in [1.54, 1.807) is 18.2 Å². The predicted molar refractivity (Wildman–Crippen MR) is 48.0 cm³/mol. The largest absolute Gasteiger partial charge is 0.508 e. The average Bonchev–Trinajstić information content (AvgIpc) is 2.23. The molecular formula is C9H7N3O2. The van der Waals surface area contributed by atoms with Crippen LogP contribution >= 0.6 is 0 Å². The normalized spacial score (nSPS) is 9.71. The molecule has 2 aromatic rings. The van der Waals surface area contributed by atoms with Crippen molar-refractivity contribution in [3.63, 3.8) is 0 Å². The van der Waals surface area contributed by atoms with Gasteiger partial charge in [-0.05, 0) is 29.5 Å². The summed E-state index contributed by atoms with van der Waals surface area (Å²) in [6.45, 7) is 0. The van der Waals surface area contributed by atoms with Crippen molar-refractivity contribution in [1.82, 2.24) is 15.4 Å². The molecule has 1 heterocycles. The maximum absolute atomic E-state index is 9.03. The van der Waals surface area contributed by atoms with Crippen LogP contribution in [-0.4, -0.2) is 20.5 Å². The number of nitrogens with zero attached hydrogens (tertiary/aromatic N) is 3. The fraction of sp³-hybridized carbons (Fsp3) is 0. The van der Waals surface area contributed by atoms with E-state index in [0.29, 0.717) is 11.6 Å². The van der Waals surface area contributed by atoms with Gasteiger partial charge in [-0.3, -0.25) is 0 Å². The number of ether oxygens (including phenoxy) is 1. The van der Waals surface area contributed by atoms with Crippen molar-refractivity contribution < 1.29 is 9.84 Å². The van der Waals surface area contributed by atoms with E-state index in [0.717, 1.165) is 0 Å². The molecule has 5 nitrogen and oxygen atoms in total. The molecule has 14 heavy (non-hydrogen) atoms. The second-order valence-corrected chi connectivity index (χ2v) is 2.55. The van der Waals surface area contributed by atoms with Crippen LogP contribution in [0.5, 0.6) is 17.4 Å². The summed E-state index contributed by atoms with van der Waals surface area (Å²) in [5.74, 6) is 1.15. The summed E-state index contributed by atoms with van der Waals surface area (Å²) in [4.78, 5) is 0. The zero-order valence-corrected chi connectivity index (χ0v) is 7.16. The van der Waals surface area contributed by atoms with Gasteiger partial charge >= 0.3 is 0 Å². The van der Waals surface area contributed by atoms with E-state index in [-0.39, 0.29) is 5.75 Å². The third-order valence-electron chi connectivity index (χ3n) is 1.54. The first kappa shape index (κ1) is 8.43. The monoisotopic (exact) mass is 189 g/mol. The lowest BCUT2D eigenvalue weighted by Crippen LogP contribution is -1.90. The maximum atomic E-state index is 9.03. The lowest BCUT2D eigenvalue weighted by Gasteiger charge is -2.02. The van der Waals surface area contributed by atoms with Gasteiger partial charge in [-0.25, -0.2) is 0 Å². The molecule has 70 valence electrons. The van der Waals surface area contributed by atoms with Crippen LogP contribution in [0.15, 0.2) is 36.5 Å². The third kappa shape index (κ3) is 1.95. The van der Waals surface area contributed by atoms with Crippen molar-refractivity contribution in [2.45, 2.75) is 0 Å². The molecule has 0 unspecified atom stereocenters. The van der Waals surface area contributed by atoms with Crippen LogP contribution < -0.4 is 4.74 Å². The third-order valence-corrected chi connectivity index (χ3v) is 1.54. The predicted octanol–water partition coefficient (Wildman–Crippen LogP) is 1.37. The highest BCUT2D eigenvalue weighted by Crippen LogP contribution is 2.20. The van der Waals surface area contributed by atoms with E-state index in [2.05, 4.69) is 15.4 Å².